The normalized spacial score (nSPS) is 11.7. The molecule has 3 amide bonds. The van der Waals surface area contributed by atoms with Crippen molar-refractivity contribution in [1.82, 2.24) is 37.2 Å². The molecule has 0 aromatic carbocycles. The molecule has 0 aliphatic rings. The van der Waals surface area contributed by atoms with E-state index >= 15 is 0 Å². The Kier molecular flexibility index (Phi) is 63.8. The van der Waals surface area contributed by atoms with E-state index in [0.717, 1.165) is 70.9 Å². The third-order valence-corrected chi connectivity index (χ3v) is 7.51. The summed E-state index contributed by atoms with van der Waals surface area (Å²) in [5.74, 6) is 1.49. The molecule has 342 valence electrons. The molecule has 0 rings (SSSR count). The molecule has 12 nitrogen and oxygen atoms in total. The molecule has 0 saturated carbocycles. The average Bonchev–Trinajstić information content (AvgIpc) is 3.14. The van der Waals surface area contributed by atoms with Crippen LogP contribution >= 0.6 is 24.4 Å². The van der Waals surface area contributed by atoms with Gasteiger partial charge in [0.2, 0.25) is 17.7 Å². The Morgan fingerprint density at radius 2 is 0.964 bits per heavy atom. The number of carbonyl (C=O) groups excluding carboxylic acids is 3. The number of nitrogens with two attached hydrogens (primary N) is 1. The van der Waals surface area contributed by atoms with Crippen LogP contribution < -0.4 is 48.7 Å². The Bertz CT molecular complexity index is 801. The Labute approximate surface area is 358 Å². The summed E-state index contributed by atoms with van der Waals surface area (Å²) < 4.78 is 0. The van der Waals surface area contributed by atoms with E-state index in [4.69, 9.17) is 5.73 Å². The highest BCUT2D eigenvalue weighted by Crippen LogP contribution is 2.20. The van der Waals surface area contributed by atoms with Gasteiger partial charge in [0.25, 0.3) is 0 Å². The van der Waals surface area contributed by atoms with Crippen LogP contribution in [-0.2, 0) is 14.4 Å². The van der Waals surface area contributed by atoms with Gasteiger partial charge in [0.05, 0.1) is 24.7 Å². The highest BCUT2D eigenvalue weighted by atomic mass is 32.2. The maximum Gasteiger partial charge on any atom is 0.236 e. The molecule has 0 aliphatic heterocycles. The summed E-state index contributed by atoms with van der Waals surface area (Å²) in [6.45, 7) is 25.8. The molecule has 0 aliphatic carbocycles. The van der Waals surface area contributed by atoms with Crippen LogP contribution in [0.1, 0.15) is 127 Å². The van der Waals surface area contributed by atoms with Crippen LogP contribution in [0, 0.1) is 10.8 Å². The molecule has 56 heavy (non-hydrogen) atoms. The second-order valence-electron chi connectivity index (χ2n) is 16.1. The molecular formula is C42H100N9O3S2+. The standard InChI is InChI=1S/C9H21N3O.2C8H19N3O.C7H16S.C5H12.C4H8.CH4S/c1-10-7-5-4-6-8(11-2)9(13)12-3;2*1-10-7(8(12)11-2)5-3-4-6-9;1-7(2,3)5-6-8-4;1-5(2,3)4;1-4(2)3;1-2/h8,10-11H,4-7H2,1-3H3,(H,12,13);2*7,10H,3-6,9H2,1-2H3,(H,11,12);5-6H2,1-4H3;1-4H3;1H2,2-3H3;2H,1H3/p+1. The summed E-state index contributed by atoms with van der Waals surface area (Å²) in [5.41, 5.74) is 11.3. The zero-order valence-corrected chi connectivity index (χ0v) is 41.9. The van der Waals surface area contributed by atoms with Gasteiger partial charge in [-0.2, -0.15) is 24.4 Å². The number of thiol groups is 1. The molecule has 0 bridgehead atoms. The number of rotatable bonds is 21. The van der Waals surface area contributed by atoms with Crippen molar-refractivity contribution in [2.45, 2.75) is 145 Å². The summed E-state index contributed by atoms with van der Waals surface area (Å²) in [6.07, 6.45) is 14.1. The van der Waals surface area contributed by atoms with E-state index in [1.54, 1.807) is 34.4 Å². The van der Waals surface area contributed by atoms with E-state index in [1.165, 1.54) is 17.7 Å². The van der Waals surface area contributed by atoms with Crippen molar-refractivity contribution in [3.63, 3.8) is 0 Å². The lowest BCUT2D eigenvalue weighted by Gasteiger charge is -2.16. The summed E-state index contributed by atoms with van der Waals surface area (Å²) in [5, 5.41) is 19.9. The first kappa shape index (κ1) is 69.2. The lowest BCUT2D eigenvalue weighted by Crippen LogP contribution is -2.50. The molecule has 0 heterocycles. The van der Waals surface area contributed by atoms with Crippen molar-refractivity contribution in [2.24, 2.45) is 16.6 Å². The van der Waals surface area contributed by atoms with E-state index in [1.807, 2.05) is 46.8 Å². The topological polar surface area (TPSA) is 189 Å². The second-order valence-corrected chi connectivity index (χ2v) is 17.1. The predicted molar refractivity (Wildman–Crippen MR) is 256 cm³/mol. The van der Waals surface area contributed by atoms with E-state index in [9.17, 15) is 14.4 Å². The van der Waals surface area contributed by atoms with E-state index in [0.29, 0.717) is 17.4 Å². The zero-order chi connectivity index (χ0) is 45.6. The van der Waals surface area contributed by atoms with Crippen molar-refractivity contribution in [1.29, 1.82) is 0 Å². The van der Waals surface area contributed by atoms with E-state index < -0.39 is 0 Å². The van der Waals surface area contributed by atoms with Gasteiger partial charge in [-0.15, -0.1) is 6.58 Å². The smallest absolute Gasteiger partial charge is 0.236 e. The van der Waals surface area contributed by atoms with Crippen molar-refractivity contribution >= 4 is 42.1 Å². The number of unbranched alkanes of at least 4 members (excludes halogenated alkanes) is 3. The number of nitrogens with one attached hydrogen (secondary N) is 7. The third kappa shape index (κ3) is 73.7. The Balaban J connectivity index is -0.000000106. The first-order valence-electron chi connectivity index (χ1n) is 20.4. The maximum absolute atomic E-state index is 11.2. The van der Waals surface area contributed by atoms with Crippen LogP contribution in [0.15, 0.2) is 12.2 Å². The zero-order valence-electron chi connectivity index (χ0n) is 40.2. The SMILES string of the molecule is C=C(C)C.CC(C)(C)C.CNC(=O)C(CCCCN)NC.CNC(=O)C(CCCC[NH3+])NC.CNCCCCC(NC)C(=O)NC.CS.CSCCC(C)(C)C. The molecule has 12 N–H and O–H groups in total. The predicted octanol–water partition coefficient (Wildman–Crippen LogP) is 4.86. The molecule has 0 radical (unpaired) electrons. The summed E-state index contributed by atoms with van der Waals surface area (Å²) in [7, 11) is 12.3. The van der Waals surface area contributed by atoms with Crippen molar-refractivity contribution < 1.29 is 20.1 Å². The first-order valence-corrected chi connectivity index (χ1v) is 22.7. The van der Waals surface area contributed by atoms with Crippen molar-refractivity contribution in [2.75, 3.05) is 87.2 Å². The van der Waals surface area contributed by atoms with Crippen molar-refractivity contribution in [3.8, 4) is 0 Å². The number of hydrogen-bond donors (Lipinski definition) is 10. The van der Waals surface area contributed by atoms with Gasteiger partial charge < -0.3 is 48.7 Å². The Morgan fingerprint density at radius 3 is 1.16 bits per heavy atom. The minimum atomic E-state index is -0.0680. The maximum atomic E-state index is 11.2. The Morgan fingerprint density at radius 1 is 0.661 bits per heavy atom. The minimum absolute atomic E-state index is 0.0399. The Hall–Kier alpha value is -1.39. The van der Waals surface area contributed by atoms with Gasteiger partial charge >= 0.3 is 0 Å². The summed E-state index contributed by atoms with van der Waals surface area (Å²) in [4.78, 5) is 33.5. The fraction of sp³-hybridized carbons (Fsp3) is 0.881. The van der Waals surface area contributed by atoms with Gasteiger partial charge in [-0.25, -0.2) is 0 Å². The molecule has 0 saturated heterocycles. The van der Waals surface area contributed by atoms with Gasteiger partial charge in [0, 0.05) is 21.1 Å². The molecule has 3 unspecified atom stereocenters. The van der Waals surface area contributed by atoms with Crippen molar-refractivity contribution in [3.05, 3.63) is 12.2 Å². The van der Waals surface area contributed by atoms with Gasteiger partial charge in [0.15, 0.2) is 0 Å². The number of hydrogen-bond acceptors (Lipinski definition) is 10. The quantitative estimate of drug-likeness (QED) is 0.0438. The number of quaternary nitrogens is 1. The number of carbonyl (C=O) groups is 3. The molecule has 14 heteroatoms. The fourth-order valence-electron chi connectivity index (χ4n) is 3.82. The molecule has 0 fully saturated rings. The first-order chi connectivity index (χ1) is 26.1. The molecule has 0 aromatic heterocycles. The molecule has 0 aromatic rings. The summed E-state index contributed by atoms with van der Waals surface area (Å²) in [6, 6.07) is -0.148. The fourth-order valence-corrected chi connectivity index (χ4v) is 4.64. The monoisotopic (exact) mass is 843 g/mol. The van der Waals surface area contributed by atoms with Crippen LogP contribution in [0.5, 0.6) is 0 Å². The third-order valence-electron chi connectivity index (χ3n) is 6.90. The lowest BCUT2D eigenvalue weighted by atomic mass is 9.94. The highest BCUT2D eigenvalue weighted by Gasteiger charge is 2.15. The average molecular weight is 843 g/mol. The molecular weight excluding hydrogens is 743 g/mol. The molecule has 0 spiro atoms. The van der Waals surface area contributed by atoms with Crippen LogP contribution in [0.25, 0.3) is 0 Å². The minimum Gasteiger partial charge on any atom is -0.358 e. The van der Waals surface area contributed by atoms with E-state index in [2.05, 4.69) is 117 Å². The van der Waals surface area contributed by atoms with Gasteiger partial charge in [-0.3, -0.25) is 14.4 Å². The summed E-state index contributed by atoms with van der Waals surface area (Å²) >= 11 is 5.46. The number of likely N-dealkylation sites (N-methyl/N-ethyl adjacent to an activating group) is 6. The van der Waals surface area contributed by atoms with Crippen LogP contribution in [0.2, 0.25) is 0 Å². The lowest BCUT2D eigenvalue weighted by molar-refractivity contribution is -0.368. The highest BCUT2D eigenvalue weighted by molar-refractivity contribution is 7.98. The van der Waals surface area contributed by atoms with Gasteiger partial charge in [-0.1, -0.05) is 66.9 Å². The number of amides is 3. The van der Waals surface area contributed by atoms with Crippen LogP contribution in [0.4, 0.5) is 0 Å². The van der Waals surface area contributed by atoms with Gasteiger partial charge in [0.1, 0.15) is 0 Å². The molecule has 3 atom stereocenters. The van der Waals surface area contributed by atoms with Crippen LogP contribution in [-0.4, -0.2) is 123 Å². The van der Waals surface area contributed by atoms with E-state index in [-0.39, 0.29) is 35.8 Å². The van der Waals surface area contributed by atoms with Crippen LogP contribution in [0.3, 0.4) is 0 Å². The largest absolute Gasteiger partial charge is 0.358 e. The number of allylic oxidation sites excluding steroid dienone is 1. The van der Waals surface area contributed by atoms with Gasteiger partial charge in [-0.05, 0) is 136 Å². The number of thioether (sulfide) groups is 1. The second kappa shape index (κ2) is 51.6.